The number of aromatic carboxylic acids is 1. The van der Waals surface area contributed by atoms with Crippen LogP contribution in [0.15, 0.2) is 18.2 Å². The van der Waals surface area contributed by atoms with Crippen molar-refractivity contribution in [3.8, 4) is 5.75 Å². The first-order valence-corrected chi connectivity index (χ1v) is 6.34. The number of rotatable bonds is 6. The van der Waals surface area contributed by atoms with Gasteiger partial charge in [-0.2, -0.15) is 11.8 Å². The number of carbonyl (C=O) groups is 2. The van der Waals surface area contributed by atoms with Crippen molar-refractivity contribution in [2.45, 2.75) is 0 Å². The molecule has 0 radical (unpaired) electrons. The number of amides is 1. The summed E-state index contributed by atoms with van der Waals surface area (Å²) >= 11 is 1.39. The van der Waals surface area contributed by atoms with Crippen molar-refractivity contribution in [2.24, 2.45) is 5.73 Å². The highest BCUT2D eigenvalue weighted by atomic mass is 32.2. The largest absolute Gasteiger partial charge is 0.507 e. The molecule has 0 spiro atoms. The van der Waals surface area contributed by atoms with E-state index in [9.17, 15) is 14.7 Å². The van der Waals surface area contributed by atoms with Gasteiger partial charge in [0.15, 0.2) is 0 Å². The number of nitrogens with one attached hydrogen (secondary N) is 1. The highest BCUT2D eigenvalue weighted by molar-refractivity contribution is 7.99. The summed E-state index contributed by atoms with van der Waals surface area (Å²) in [5, 5.41) is 20.7. The lowest BCUT2D eigenvalue weighted by molar-refractivity contribution is -0.113. The van der Waals surface area contributed by atoms with Crippen LogP contribution >= 0.6 is 11.8 Å². The molecule has 0 heterocycles. The fourth-order valence-electron chi connectivity index (χ4n) is 1.23. The number of nitrogens with two attached hydrogens (primary N) is 1. The van der Waals surface area contributed by atoms with E-state index in [2.05, 4.69) is 5.32 Å². The molecule has 0 aliphatic rings. The van der Waals surface area contributed by atoms with E-state index in [0.717, 1.165) is 0 Å². The van der Waals surface area contributed by atoms with Crippen LogP contribution in [0.4, 0.5) is 5.69 Å². The van der Waals surface area contributed by atoms with E-state index in [1.165, 1.54) is 30.0 Å². The molecule has 0 saturated heterocycles. The van der Waals surface area contributed by atoms with Crippen LogP contribution < -0.4 is 11.1 Å². The minimum absolute atomic E-state index is 0.240. The van der Waals surface area contributed by atoms with Gasteiger partial charge >= 0.3 is 5.97 Å². The molecule has 0 aromatic heterocycles. The third kappa shape index (κ3) is 4.27. The Bertz CT molecular complexity index is 451. The molecule has 0 bridgehead atoms. The predicted octanol–water partition coefficient (Wildman–Crippen LogP) is 0.721. The van der Waals surface area contributed by atoms with Gasteiger partial charge in [-0.3, -0.25) is 4.79 Å². The summed E-state index contributed by atoms with van der Waals surface area (Å²) < 4.78 is 0. The van der Waals surface area contributed by atoms with Gasteiger partial charge in [0.2, 0.25) is 5.91 Å². The number of thioether (sulfide) groups is 1. The van der Waals surface area contributed by atoms with Crippen LogP contribution in [-0.2, 0) is 4.79 Å². The maximum Gasteiger partial charge on any atom is 0.339 e. The van der Waals surface area contributed by atoms with Gasteiger partial charge in [0.25, 0.3) is 0 Å². The smallest absolute Gasteiger partial charge is 0.339 e. The molecule has 1 aromatic carbocycles. The fourth-order valence-corrected chi connectivity index (χ4v) is 1.80. The highest BCUT2D eigenvalue weighted by Crippen LogP contribution is 2.21. The molecule has 0 atom stereocenters. The van der Waals surface area contributed by atoms with Gasteiger partial charge in [0.1, 0.15) is 11.3 Å². The number of benzene rings is 1. The number of carboxylic acid groups (broad SMARTS) is 1. The van der Waals surface area contributed by atoms with Crippen LogP contribution in [0.25, 0.3) is 0 Å². The summed E-state index contributed by atoms with van der Waals surface area (Å²) in [5.41, 5.74) is 5.38. The topological polar surface area (TPSA) is 113 Å². The fraction of sp³-hybridized carbons (Fsp3) is 0.273. The molecule has 7 heteroatoms. The molecule has 18 heavy (non-hydrogen) atoms. The Morgan fingerprint density at radius 3 is 2.72 bits per heavy atom. The third-order valence-corrected chi connectivity index (χ3v) is 3.00. The van der Waals surface area contributed by atoms with Crippen molar-refractivity contribution in [2.75, 3.05) is 23.4 Å². The zero-order valence-corrected chi connectivity index (χ0v) is 10.4. The first-order valence-electron chi connectivity index (χ1n) is 5.18. The quantitative estimate of drug-likeness (QED) is 0.447. The van der Waals surface area contributed by atoms with Gasteiger partial charge in [-0.25, -0.2) is 4.79 Å². The first kappa shape index (κ1) is 14.3. The van der Waals surface area contributed by atoms with Crippen molar-refractivity contribution in [1.29, 1.82) is 0 Å². The SMILES string of the molecule is NCCSCC(=O)Nc1ccc(O)c(C(=O)O)c1. The standard InChI is InChI=1S/C11H14N2O4S/c12-3-4-18-6-10(15)13-7-1-2-9(14)8(5-7)11(16)17/h1-2,5,14H,3-4,6,12H2,(H,13,15)(H,16,17). The molecule has 5 N–H and O–H groups in total. The molecule has 1 amide bonds. The maximum absolute atomic E-state index is 11.5. The lowest BCUT2D eigenvalue weighted by Crippen LogP contribution is -2.15. The number of carboxylic acids is 1. The lowest BCUT2D eigenvalue weighted by Gasteiger charge is -2.06. The maximum atomic E-state index is 11.5. The van der Waals surface area contributed by atoms with Crippen LogP contribution in [0.2, 0.25) is 0 Å². The molecule has 0 aliphatic heterocycles. The minimum atomic E-state index is -1.25. The number of carbonyl (C=O) groups excluding carboxylic acids is 1. The van der Waals surface area contributed by atoms with Crippen LogP contribution in [0.3, 0.4) is 0 Å². The number of anilines is 1. The minimum Gasteiger partial charge on any atom is -0.507 e. The highest BCUT2D eigenvalue weighted by Gasteiger charge is 2.11. The Morgan fingerprint density at radius 2 is 2.11 bits per heavy atom. The number of hydrogen-bond acceptors (Lipinski definition) is 5. The zero-order chi connectivity index (χ0) is 13.5. The predicted molar refractivity (Wildman–Crippen MR) is 70.1 cm³/mol. The summed E-state index contributed by atoms with van der Waals surface area (Å²) in [6.07, 6.45) is 0. The van der Waals surface area contributed by atoms with Crippen LogP contribution in [0.1, 0.15) is 10.4 Å². The molecular weight excluding hydrogens is 256 g/mol. The molecule has 1 rings (SSSR count). The lowest BCUT2D eigenvalue weighted by atomic mass is 10.2. The van der Waals surface area contributed by atoms with E-state index in [0.29, 0.717) is 18.0 Å². The average Bonchev–Trinajstić information content (AvgIpc) is 2.31. The molecule has 1 aromatic rings. The van der Waals surface area contributed by atoms with Gasteiger partial charge in [0.05, 0.1) is 5.75 Å². The van der Waals surface area contributed by atoms with E-state index in [4.69, 9.17) is 10.8 Å². The summed E-state index contributed by atoms with van der Waals surface area (Å²) in [6.45, 7) is 0.500. The summed E-state index contributed by atoms with van der Waals surface area (Å²) in [6, 6.07) is 3.88. The Labute approximate surface area is 108 Å². The second-order valence-corrected chi connectivity index (χ2v) is 4.53. The molecule has 0 fully saturated rings. The van der Waals surface area contributed by atoms with Crippen LogP contribution in [0.5, 0.6) is 5.75 Å². The summed E-state index contributed by atoms with van der Waals surface area (Å²) in [7, 11) is 0. The molecule has 0 unspecified atom stereocenters. The molecule has 0 aliphatic carbocycles. The molecule has 0 saturated carbocycles. The van der Waals surface area contributed by atoms with Crippen molar-refractivity contribution in [3.63, 3.8) is 0 Å². The van der Waals surface area contributed by atoms with E-state index in [1.54, 1.807) is 0 Å². The Kier molecular flexibility index (Phi) is 5.47. The number of phenols is 1. The van der Waals surface area contributed by atoms with E-state index in [-0.39, 0.29) is 23.0 Å². The average molecular weight is 270 g/mol. The van der Waals surface area contributed by atoms with E-state index >= 15 is 0 Å². The second kappa shape index (κ2) is 6.87. The van der Waals surface area contributed by atoms with Gasteiger partial charge < -0.3 is 21.3 Å². The van der Waals surface area contributed by atoms with Crippen molar-refractivity contribution in [1.82, 2.24) is 0 Å². The van der Waals surface area contributed by atoms with Gasteiger partial charge in [-0.05, 0) is 18.2 Å². The van der Waals surface area contributed by atoms with Crippen molar-refractivity contribution < 1.29 is 19.8 Å². The van der Waals surface area contributed by atoms with E-state index < -0.39 is 5.97 Å². The Morgan fingerprint density at radius 1 is 1.39 bits per heavy atom. The first-order chi connectivity index (χ1) is 8.54. The Balaban J connectivity index is 2.65. The monoisotopic (exact) mass is 270 g/mol. The summed E-state index contributed by atoms with van der Waals surface area (Å²) in [5.74, 6) is -0.890. The second-order valence-electron chi connectivity index (χ2n) is 3.43. The van der Waals surface area contributed by atoms with Crippen LogP contribution in [-0.4, -0.2) is 40.1 Å². The van der Waals surface area contributed by atoms with E-state index in [1.807, 2.05) is 0 Å². The van der Waals surface area contributed by atoms with Gasteiger partial charge in [-0.15, -0.1) is 0 Å². The molecule has 98 valence electrons. The van der Waals surface area contributed by atoms with Crippen LogP contribution in [0, 0.1) is 0 Å². The van der Waals surface area contributed by atoms with Gasteiger partial charge in [-0.1, -0.05) is 0 Å². The summed E-state index contributed by atoms with van der Waals surface area (Å²) in [4.78, 5) is 22.3. The van der Waals surface area contributed by atoms with Crippen molar-refractivity contribution in [3.05, 3.63) is 23.8 Å². The zero-order valence-electron chi connectivity index (χ0n) is 9.55. The number of aromatic hydroxyl groups is 1. The van der Waals surface area contributed by atoms with Crippen molar-refractivity contribution >= 4 is 29.3 Å². The molecular formula is C11H14N2O4S. The normalized spacial score (nSPS) is 10.1. The Hall–Kier alpha value is -1.73. The van der Waals surface area contributed by atoms with Gasteiger partial charge in [0, 0.05) is 18.0 Å². The number of hydrogen-bond donors (Lipinski definition) is 4. The third-order valence-electron chi connectivity index (χ3n) is 2.01. The molecule has 6 nitrogen and oxygen atoms in total.